The Morgan fingerprint density at radius 2 is 1.72 bits per heavy atom. The summed E-state index contributed by atoms with van der Waals surface area (Å²) in [4.78, 5) is 10.6. The monoisotopic (exact) mass is 396 g/mol. The molecule has 29 heavy (non-hydrogen) atoms. The number of ether oxygens (including phenoxy) is 1. The molecule has 158 valence electrons. The van der Waals surface area contributed by atoms with Crippen molar-refractivity contribution in [1.82, 2.24) is 0 Å². The molecule has 0 saturated heterocycles. The third kappa shape index (κ3) is 12.6. The van der Waals surface area contributed by atoms with Crippen LogP contribution < -0.4 is 0 Å². The maximum Gasteiger partial charge on any atom is 0.328 e. The van der Waals surface area contributed by atoms with Gasteiger partial charge in [0.25, 0.3) is 0 Å². The van der Waals surface area contributed by atoms with Gasteiger partial charge in [0.15, 0.2) is 0 Å². The van der Waals surface area contributed by atoms with E-state index in [1.54, 1.807) is 13.0 Å². The number of rotatable bonds is 14. The normalized spacial score (nSPS) is 12.9. The van der Waals surface area contributed by atoms with Crippen molar-refractivity contribution in [2.45, 2.75) is 65.9 Å². The van der Waals surface area contributed by atoms with Crippen LogP contribution >= 0.6 is 0 Å². The molecule has 0 aliphatic carbocycles. The number of hydrogen-bond donors (Lipinski definition) is 1. The van der Waals surface area contributed by atoms with E-state index in [4.69, 9.17) is 9.84 Å². The molecule has 1 aromatic carbocycles. The first-order valence-corrected chi connectivity index (χ1v) is 10.6. The highest BCUT2D eigenvalue weighted by atomic mass is 16.5. The van der Waals surface area contributed by atoms with Gasteiger partial charge in [-0.05, 0) is 37.0 Å². The second kappa shape index (κ2) is 15.5. The van der Waals surface area contributed by atoms with Crippen LogP contribution in [0.15, 0.2) is 65.8 Å². The summed E-state index contributed by atoms with van der Waals surface area (Å²) in [5.41, 5.74) is 4.15. The number of carboxylic acid groups (broad SMARTS) is 1. The average molecular weight is 397 g/mol. The number of aliphatic carboxylic acids is 1. The van der Waals surface area contributed by atoms with Gasteiger partial charge in [-0.25, -0.2) is 4.79 Å². The first-order chi connectivity index (χ1) is 14.0. The van der Waals surface area contributed by atoms with E-state index in [0.717, 1.165) is 24.2 Å². The molecule has 0 atom stereocenters. The lowest BCUT2D eigenvalue weighted by Gasteiger charge is -2.08. The summed E-state index contributed by atoms with van der Waals surface area (Å²) < 4.78 is 5.88. The van der Waals surface area contributed by atoms with Gasteiger partial charge in [0, 0.05) is 12.7 Å². The van der Waals surface area contributed by atoms with Gasteiger partial charge in [-0.15, -0.1) is 0 Å². The number of carboxylic acids is 1. The molecule has 0 bridgehead atoms. The van der Waals surface area contributed by atoms with Gasteiger partial charge >= 0.3 is 5.97 Å². The topological polar surface area (TPSA) is 46.5 Å². The second-order valence-electron chi connectivity index (χ2n) is 7.35. The molecule has 0 heterocycles. The Labute approximate surface area is 176 Å². The Balaban J connectivity index is 2.50. The molecule has 0 saturated carbocycles. The van der Waals surface area contributed by atoms with Crippen molar-refractivity contribution in [2.75, 3.05) is 6.61 Å². The molecule has 0 spiro atoms. The van der Waals surface area contributed by atoms with Crippen LogP contribution in [0.25, 0.3) is 6.08 Å². The zero-order chi connectivity index (χ0) is 21.3. The van der Waals surface area contributed by atoms with Crippen LogP contribution in [-0.4, -0.2) is 17.7 Å². The van der Waals surface area contributed by atoms with E-state index in [-0.39, 0.29) is 0 Å². The van der Waals surface area contributed by atoms with Crippen LogP contribution in [0.1, 0.15) is 70.4 Å². The predicted molar refractivity (Wildman–Crippen MR) is 123 cm³/mol. The lowest BCUT2D eigenvalue weighted by molar-refractivity contribution is -0.131. The van der Waals surface area contributed by atoms with Crippen LogP contribution in [0.4, 0.5) is 0 Å². The van der Waals surface area contributed by atoms with Gasteiger partial charge < -0.3 is 9.84 Å². The highest BCUT2D eigenvalue weighted by Crippen LogP contribution is 2.14. The molecule has 0 amide bonds. The SMILES string of the molecule is CCCCCCCCOCc1ccccc1/C=C/C(C)=C/C=C/C(C)=C/C(=O)O. The molecule has 0 aromatic heterocycles. The Kier molecular flexibility index (Phi) is 13.2. The average Bonchev–Trinajstić information content (AvgIpc) is 2.68. The summed E-state index contributed by atoms with van der Waals surface area (Å²) in [6.07, 6.45) is 18.6. The minimum atomic E-state index is -0.928. The summed E-state index contributed by atoms with van der Waals surface area (Å²) in [5.74, 6) is -0.928. The Hall–Kier alpha value is -2.39. The molecular weight excluding hydrogens is 360 g/mol. The molecule has 0 unspecified atom stereocenters. The van der Waals surface area contributed by atoms with Gasteiger partial charge in [0.2, 0.25) is 0 Å². The van der Waals surface area contributed by atoms with Crippen molar-refractivity contribution >= 4 is 12.0 Å². The van der Waals surface area contributed by atoms with Crippen molar-refractivity contribution in [1.29, 1.82) is 0 Å². The van der Waals surface area contributed by atoms with Crippen LogP contribution in [0.2, 0.25) is 0 Å². The number of benzene rings is 1. The largest absolute Gasteiger partial charge is 0.478 e. The molecule has 1 aromatic rings. The fraction of sp³-hybridized carbons (Fsp3) is 0.423. The van der Waals surface area contributed by atoms with Crippen LogP contribution in [-0.2, 0) is 16.1 Å². The zero-order valence-corrected chi connectivity index (χ0v) is 18.2. The van der Waals surface area contributed by atoms with E-state index in [0.29, 0.717) is 12.2 Å². The van der Waals surface area contributed by atoms with Crippen molar-refractivity contribution in [3.05, 3.63) is 76.9 Å². The fourth-order valence-electron chi connectivity index (χ4n) is 2.87. The molecular formula is C26H36O3. The van der Waals surface area contributed by atoms with E-state index < -0.39 is 5.97 Å². The highest BCUT2D eigenvalue weighted by Gasteiger charge is 1.99. The Morgan fingerprint density at radius 1 is 1.00 bits per heavy atom. The standard InChI is InChI=1S/C26H36O3/c1-4-5-6-7-8-11-19-29-21-25-16-10-9-15-24(25)18-17-22(2)13-12-14-23(3)20-26(27)28/h9-10,12-18,20H,4-8,11,19,21H2,1-3H3,(H,27,28)/b14-12+,18-17+,22-13+,23-20+. The maximum absolute atomic E-state index is 10.6. The van der Waals surface area contributed by atoms with Gasteiger partial charge in [-0.2, -0.15) is 0 Å². The van der Waals surface area contributed by atoms with Crippen molar-refractivity contribution in [2.24, 2.45) is 0 Å². The van der Waals surface area contributed by atoms with E-state index >= 15 is 0 Å². The van der Waals surface area contributed by atoms with Gasteiger partial charge in [-0.1, -0.05) is 99.2 Å². The Bertz CT molecular complexity index is 723. The molecule has 3 heteroatoms. The van der Waals surface area contributed by atoms with Crippen LogP contribution in [0, 0.1) is 0 Å². The third-order valence-electron chi connectivity index (χ3n) is 4.55. The van der Waals surface area contributed by atoms with Crippen LogP contribution in [0.3, 0.4) is 0 Å². The summed E-state index contributed by atoms with van der Waals surface area (Å²) in [6, 6.07) is 8.29. The minimum absolute atomic E-state index is 0.636. The lowest BCUT2D eigenvalue weighted by atomic mass is 10.1. The smallest absolute Gasteiger partial charge is 0.328 e. The molecule has 3 nitrogen and oxygen atoms in total. The zero-order valence-electron chi connectivity index (χ0n) is 18.2. The molecule has 0 aliphatic heterocycles. The lowest BCUT2D eigenvalue weighted by Crippen LogP contribution is -1.97. The molecule has 1 rings (SSSR count). The predicted octanol–water partition coefficient (Wildman–Crippen LogP) is 7.11. The van der Waals surface area contributed by atoms with E-state index in [1.807, 2.05) is 31.2 Å². The summed E-state index contributed by atoms with van der Waals surface area (Å²) in [7, 11) is 0. The number of unbranched alkanes of at least 4 members (excludes halogenated alkanes) is 5. The first kappa shape index (κ1) is 24.6. The van der Waals surface area contributed by atoms with E-state index in [1.165, 1.54) is 43.7 Å². The van der Waals surface area contributed by atoms with Crippen LogP contribution in [0.5, 0.6) is 0 Å². The molecule has 0 fully saturated rings. The van der Waals surface area contributed by atoms with Crippen molar-refractivity contribution in [3.63, 3.8) is 0 Å². The Morgan fingerprint density at radius 3 is 2.48 bits per heavy atom. The van der Waals surface area contributed by atoms with Gasteiger partial charge in [0.1, 0.15) is 0 Å². The molecule has 1 N–H and O–H groups in total. The van der Waals surface area contributed by atoms with Crippen molar-refractivity contribution in [3.8, 4) is 0 Å². The molecule has 0 aliphatic rings. The van der Waals surface area contributed by atoms with Gasteiger partial charge in [-0.3, -0.25) is 0 Å². The quantitative estimate of drug-likeness (QED) is 0.207. The van der Waals surface area contributed by atoms with E-state index in [9.17, 15) is 4.79 Å². The first-order valence-electron chi connectivity index (χ1n) is 10.6. The number of carbonyl (C=O) groups is 1. The van der Waals surface area contributed by atoms with Crippen molar-refractivity contribution < 1.29 is 14.6 Å². The van der Waals surface area contributed by atoms with E-state index in [2.05, 4.69) is 31.2 Å². The number of allylic oxidation sites excluding steroid dienone is 6. The molecule has 0 radical (unpaired) electrons. The fourth-order valence-corrected chi connectivity index (χ4v) is 2.87. The summed E-state index contributed by atoms with van der Waals surface area (Å²) in [6.45, 7) is 7.48. The summed E-state index contributed by atoms with van der Waals surface area (Å²) in [5, 5.41) is 8.72. The van der Waals surface area contributed by atoms with Gasteiger partial charge in [0.05, 0.1) is 6.61 Å². The maximum atomic E-state index is 10.6. The summed E-state index contributed by atoms with van der Waals surface area (Å²) >= 11 is 0. The number of hydrogen-bond acceptors (Lipinski definition) is 2. The minimum Gasteiger partial charge on any atom is -0.478 e. The highest BCUT2D eigenvalue weighted by molar-refractivity contribution is 5.81. The third-order valence-corrected chi connectivity index (χ3v) is 4.55. The second-order valence-corrected chi connectivity index (χ2v) is 7.35.